The van der Waals surface area contributed by atoms with Crippen molar-refractivity contribution in [2.75, 3.05) is 0 Å². The molecular weight excluding hydrogens is 194 g/mol. The van der Waals surface area contributed by atoms with Crippen LogP contribution in [0.25, 0.3) is 10.9 Å². The SMILES string of the molecule is [CH]c1cc2nc(C)ccc2c(Cl)c1[CH]. The summed E-state index contributed by atoms with van der Waals surface area (Å²) >= 11 is 6.04. The van der Waals surface area contributed by atoms with Crippen LogP contribution in [0.15, 0.2) is 18.2 Å². The molecule has 2 aromatic rings. The van der Waals surface area contributed by atoms with Crippen LogP contribution in [0, 0.1) is 20.8 Å². The normalized spacial score (nSPS) is 10.9. The van der Waals surface area contributed by atoms with Crippen molar-refractivity contribution in [3.8, 4) is 0 Å². The second-order valence-corrected chi connectivity index (χ2v) is 3.59. The highest BCUT2D eigenvalue weighted by molar-refractivity contribution is 6.36. The van der Waals surface area contributed by atoms with Crippen LogP contribution in [0.2, 0.25) is 5.02 Å². The minimum absolute atomic E-state index is 0.421. The van der Waals surface area contributed by atoms with Gasteiger partial charge in [0.05, 0.1) is 10.5 Å². The van der Waals surface area contributed by atoms with Crippen LogP contribution in [-0.2, 0) is 0 Å². The van der Waals surface area contributed by atoms with Crippen molar-refractivity contribution in [1.82, 2.24) is 4.98 Å². The van der Waals surface area contributed by atoms with Crippen LogP contribution in [0.5, 0.6) is 0 Å². The lowest BCUT2D eigenvalue weighted by atomic mass is 10.1. The second kappa shape index (κ2) is 3.25. The van der Waals surface area contributed by atoms with E-state index in [0.717, 1.165) is 16.6 Å². The monoisotopic (exact) mass is 201 g/mol. The maximum atomic E-state index is 6.04. The van der Waals surface area contributed by atoms with Crippen LogP contribution in [0.3, 0.4) is 0 Å². The largest absolute Gasteiger partial charge is 0.253 e. The predicted molar refractivity (Wildman–Crippen MR) is 58.3 cm³/mol. The van der Waals surface area contributed by atoms with Crippen LogP contribution < -0.4 is 0 Å². The van der Waals surface area contributed by atoms with E-state index >= 15 is 0 Å². The average molecular weight is 202 g/mol. The van der Waals surface area contributed by atoms with E-state index in [-0.39, 0.29) is 0 Å². The number of pyridine rings is 1. The lowest BCUT2D eigenvalue weighted by Gasteiger charge is -2.06. The molecule has 0 spiro atoms. The number of hydrogen-bond donors (Lipinski definition) is 0. The summed E-state index contributed by atoms with van der Waals surface area (Å²) in [5, 5.41) is 1.32. The first-order valence-corrected chi connectivity index (χ1v) is 4.58. The van der Waals surface area contributed by atoms with E-state index < -0.39 is 0 Å². The molecule has 2 heteroatoms. The smallest absolute Gasteiger partial charge is 0.0723 e. The van der Waals surface area contributed by atoms with Gasteiger partial charge in [-0.15, -0.1) is 0 Å². The summed E-state index contributed by atoms with van der Waals surface area (Å²) in [4.78, 5) is 4.32. The molecule has 68 valence electrons. The molecule has 1 aromatic carbocycles. The molecule has 0 saturated heterocycles. The minimum Gasteiger partial charge on any atom is -0.253 e. The van der Waals surface area contributed by atoms with Crippen LogP contribution in [0.1, 0.15) is 16.8 Å². The summed E-state index contributed by atoms with van der Waals surface area (Å²) in [6.07, 6.45) is 0. The number of hydrogen-bond acceptors (Lipinski definition) is 1. The third-order valence-corrected chi connectivity index (χ3v) is 2.55. The molecule has 0 bridgehead atoms. The van der Waals surface area contributed by atoms with Crippen LogP contribution in [0.4, 0.5) is 0 Å². The van der Waals surface area contributed by atoms with Crippen molar-refractivity contribution in [2.24, 2.45) is 0 Å². The van der Waals surface area contributed by atoms with Crippen molar-refractivity contribution < 1.29 is 0 Å². The van der Waals surface area contributed by atoms with Crippen molar-refractivity contribution in [1.29, 1.82) is 0 Å². The first-order valence-electron chi connectivity index (χ1n) is 4.20. The minimum atomic E-state index is 0.421. The Labute approximate surface area is 88.7 Å². The van der Waals surface area contributed by atoms with Gasteiger partial charge in [-0.2, -0.15) is 0 Å². The van der Waals surface area contributed by atoms with E-state index in [9.17, 15) is 0 Å². The number of benzene rings is 1. The molecule has 14 heavy (non-hydrogen) atoms. The fourth-order valence-electron chi connectivity index (χ4n) is 1.37. The molecule has 4 radical (unpaired) electrons. The molecule has 0 N–H and O–H groups in total. The zero-order valence-corrected chi connectivity index (χ0v) is 8.47. The Morgan fingerprint density at radius 3 is 2.71 bits per heavy atom. The molecule has 0 aliphatic carbocycles. The van der Waals surface area contributed by atoms with Gasteiger partial charge < -0.3 is 0 Å². The molecule has 0 aliphatic heterocycles. The van der Waals surface area contributed by atoms with Gasteiger partial charge in [-0.25, -0.2) is 0 Å². The molecule has 0 atom stereocenters. The third-order valence-electron chi connectivity index (χ3n) is 2.14. The van der Waals surface area contributed by atoms with Crippen LogP contribution in [-0.4, -0.2) is 4.98 Å². The number of rotatable bonds is 0. The molecule has 1 heterocycles. The Bertz CT molecular complexity index is 503. The Kier molecular flexibility index (Phi) is 2.20. The lowest BCUT2D eigenvalue weighted by molar-refractivity contribution is 1.25. The first kappa shape index (κ1) is 9.47. The van der Waals surface area contributed by atoms with Gasteiger partial charge in [0, 0.05) is 18.0 Å². The van der Waals surface area contributed by atoms with E-state index in [1.807, 2.05) is 19.1 Å². The molecule has 0 aliphatic rings. The van der Waals surface area contributed by atoms with Gasteiger partial charge in [-0.3, -0.25) is 4.98 Å². The number of nitrogens with zero attached hydrogens (tertiary/aromatic N) is 1. The summed E-state index contributed by atoms with van der Waals surface area (Å²) in [6.45, 7) is 13.3. The van der Waals surface area contributed by atoms with Crippen molar-refractivity contribution >= 4 is 22.5 Å². The highest BCUT2D eigenvalue weighted by Crippen LogP contribution is 2.28. The van der Waals surface area contributed by atoms with Crippen molar-refractivity contribution in [3.05, 3.63) is 53.9 Å². The highest BCUT2D eigenvalue weighted by atomic mass is 35.5. The molecule has 2 rings (SSSR count). The highest BCUT2D eigenvalue weighted by Gasteiger charge is 2.06. The predicted octanol–water partition coefficient (Wildman–Crippen LogP) is 3.32. The zero-order valence-electron chi connectivity index (χ0n) is 7.71. The van der Waals surface area contributed by atoms with E-state index in [1.165, 1.54) is 0 Å². The fourth-order valence-corrected chi connectivity index (χ4v) is 1.64. The average Bonchev–Trinajstić information content (AvgIpc) is 2.14. The maximum Gasteiger partial charge on any atom is 0.0723 e. The van der Waals surface area contributed by atoms with E-state index in [2.05, 4.69) is 4.98 Å². The van der Waals surface area contributed by atoms with Gasteiger partial charge in [-0.05, 0) is 43.2 Å². The topological polar surface area (TPSA) is 12.9 Å². The van der Waals surface area contributed by atoms with Gasteiger partial charge >= 0.3 is 0 Å². The van der Waals surface area contributed by atoms with Gasteiger partial charge in [-0.1, -0.05) is 11.6 Å². The standard InChI is InChI=1S/C12H8ClN/c1-7-6-11-10(12(13)9(7)3)5-4-8(2)14-11/h1,3-6H,2H3. The number of fused-ring (bicyclic) bond motifs is 1. The van der Waals surface area contributed by atoms with Gasteiger partial charge in [0.25, 0.3) is 0 Å². The summed E-state index contributed by atoms with van der Waals surface area (Å²) < 4.78 is 0. The Balaban J connectivity index is 2.91. The first-order chi connectivity index (χ1) is 6.59. The molecule has 0 unspecified atom stereocenters. The number of halogens is 1. The molecule has 1 nitrogen and oxygen atoms in total. The summed E-state index contributed by atoms with van der Waals surface area (Å²) in [6, 6.07) is 5.53. The number of aryl methyl sites for hydroxylation is 1. The van der Waals surface area contributed by atoms with Crippen molar-refractivity contribution in [3.63, 3.8) is 0 Å². The Morgan fingerprint density at radius 1 is 1.29 bits per heavy atom. The third kappa shape index (κ3) is 1.38. The quantitative estimate of drug-likeness (QED) is 0.637. The molecule has 0 fully saturated rings. The summed E-state index contributed by atoms with van der Waals surface area (Å²) in [7, 11) is 0. The fraction of sp³-hybridized carbons (Fsp3) is 0.0833. The molecular formula is C12H8ClN. The van der Waals surface area contributed by atoms with Gasteiger partial charge in [0.15, 0.2) is 0 Å². The summed E-state index contributed by atoms with van der Waals surface area (Å²) in [5.74, 6) is 0. The second-order valence-electron chi connectivity index (χ2n) is 3.21. The zero-order chi connectivity index (χ0) is 10.3. The van der Waals surface area contributed by atoms with E-state index in [0.29, 0.717) is 16.1 Å². The lowest BCUT2D eigenvalue weighted by Crippen LogP contribution is -1.89. The Hall–Kier alpha value is -1.08. The maximum absolute atomic E-state index is 6.04. The van der Waals surface area contributed by atoms with E-state index in [1.54, 1.807) is 6.07 Å². The number of aromatic nitrogens is 1. The van der Waals surface area contributed by atoms with E-state index in [4.69, 9.17) is 25.4 Å². The van der Waals surface area contributed by atoms with Gasteiger partial charge in [0.2, 0.25) is 0 Å². The van der Waals surface area contributed by atoms with Crippen LogP contribution >= 0.6 is 11.6 Å². The summed E-state index contributed by atoms with van der Waals surface area (Å²) in [5.41, 5.74) is 2.60. The molecule has 0 saturated carbocycles. The van der Waals surface area contributed by atoms with Gasteiger partial charge in [0.1, 0.15) is 0 Å². The molecule has 0 amide bonds. The Morgan fingerprint density at radius 2 is 2.00 bits per heavy atom. The van der Waals surface area contributed by atoms with Crippen molar-refractivity contribution in [2.45, 2.75) is 6.92 Å². The molecule has 1 aromatic heterocycles.